The lowest BCUT2D eigenvalue weighted by molar-refractivity contribution is 0.0145. The van der Waals surface area contributed by atoms with Gasteiger partial charge in [-0.2, -0.15) is 0 Å². The number of hydrogen-bond donors (Lipinski definition) is 2. The van der Waals surface area contributed by atoms with E-state index in [9.17, 15) is 0 Å². The lowest BCUT2D eigenvalue weighted by Crippen LogP contribution is -2.12. The number of rotatable bonds is 16. The fourth-order valence-electron chi connectivity index (χ4n) is 5.58. The van der Waals surface area contributed by atoms with Crippen LogP contribution in [-0.2, 0) is 14.2 Å². The quantitative estimate of drug-likeness (QED) is 0.0898. The summed E-state index contributed by atoms with van der Waals surface area (Å²) in [5.41, 5.74) is 2.34. The highest BCUT2D eigenvalue weighted by Gasteiger charge is 2.04. The van der Waals surface area contributed by atoms with Gasteiger partial charge in [0.1, 0.15) is 0 Å². The molecule has 0 bridgehead atoms. The average Bonchev–Trinajstić information content (AvgIpc) is 3.04. The third-order valence-corrected chi connectivity index (χ3v) is 7.80. The van der Waals surface area contributed by atoms with Gasteiger partial charge >= 0.3 is 0 Å². The summed E-state index contributed by atoms with van der Waals surface area (Å²) in [5, 5.41) is 17.3. The lowest BCUT2D eigenvalue weighted by atomic mass is 10.0. The minimum Gasteiger partial charge on any atom is -0.384 e. The fourth-order valence-corrected chi connectivity index (χ4v) is 5.58. The molecule has 6 aromatic carbocycles. The number of benzene rings is 6. The molecule has 6 rings (SSSR count). The summed E-state index contributed by atoms with van der Waals surface area (Å²) in [4.78, 5) is 0. The highest BCUT2D eigenvalue weighted by molar-refractivity contribution is 6.04. The smallest absolute Gasteiger partial charge is 0.0701 e. The molecule has 0 aliphatic carbocycles. The SMILES string of the molecule is c1ccc2cc3c(NCCCOCCOCCOCCCNc4cccc5cc6ccccc6cc45)cccc3cc2c1. The molecule has 0 saturated carbocycles. The molecule has 2 N–H and O–H groups in total. The highest BCUT2D eigenvalue weighted by atomic mass is 16.5. The van der Waals surface area contributed by atoms with Gasteiger partial charge in [0.2, 0.25) is 0 Å². The molecule has 0 amide bonds. The van der Waals surface area contributed by atoms with Crippen LogP contribution in [0.15, 0.2) is 109 Å². The van der Waals surface area contributed by atoms with E-state index in [-0.39, 0.29) is 0 Å². The average molecular weight is 573 g/mol. The van der Waals surface area contributed by atoms with Gasteiger partial charge in [-0.05, 0) is 81.6 Å². The van der Waals surface area contributed by atoms with Gasteiger partial charge in [0.05, 0.1) is 26.4 Å². The molecule has 0 aliphatic heterocycles. The van der Waals surface area contributed by atoms with Gasteiger partial charge in [-0.15, -0.1) is 0 Å². The minimum atomic E-state index is 0.588. The molecule has 6 aromatic rings. The molecule has 0 spiro atoms. The van der Waals surface area contributed by atoms with E-state index in [4.69, 9.17) is 14.2 Å². The Labute approximate surface area is 253 Å². The second kappa shape index (κ2) is 14.8. The molecule has 0 fully saturated rings. The Morgan fingerprint density at radius 2 is 0.744 bits per heavy atom. The van der Waals surface area contributed by atoms with Crippen molar-refractivity contribution in [1.29, 1.82) is 0 Å². The maximum atomic E-state index is 5.76. The number of anilines is 2. The van der Waals surface area contributed by atoms with Crippen molar-refractivity contribution in [3.8, 4) is 0 Å². The van der Waals surface area contributed by atoms with Crippen molar-refractivity contribution in [3.05, 3.63) is 109 Å². The van der Waals surface area contributed by atoms with Crippen LogP contribution in [-0.4, -0.2) is 52.7 Å². The number of nitrogens with one attached hydrogen (secondary N) is 2. The number of ether oxygens (including phenoxy) is 3. The van der Waals surface area contributed by atoms with E-state index in [1.54, 1.807) is 0 Å². The molecule has 0 unspecified atom stereocenters. The second-order valence-corrected chi connectivity index (χ2v) is 10.8. The molecule has 5 heteroatoms. The van der Waals surface area contributed by atoms with Crippen LogP contribution in [0.2, 0.25) is 0 Å². The summed E-state index contributed by atoms with van der Waals surface area (Å²) < 4.78 is 17.2. The zero-order valence-corrected chi connectivity index (χ0v) is 24.7. The van der Waals surface area contributed by atoms with Crippen molar-refractivity contribution in [1.82, 2.24) is 0 Å². The summed E-state index contributed by atoms with van der Waals surface area (Å²) in [6.07, 6.45) is 1.88. The maximum Gasteiger partial charge on any atom is 0.0701 e. The normalized spacial score (nSPS) is 11.5. The van der Waals surface area contributed by atoms with Crippen LogP contribution in [0.5, 0.6) is 0 Å². The van der Waals surface area contributed by atoms with Crippen molar-refractivity contribution in [2.45, 2.75) is 12.8 Å². The van der Waals surface area contributed by atoms with E-state index in [1.807, 2.05) is 0 Å². The van der Waals surface area contributed by atoms with Crippen molar-refractivity contribution in [3.63, 3.8) is 0 Å². The van der Waals surface area contributed by atoms with Gasteiger partial charge in [-0.1, -0.05) is 72.8 Å². The molecule has 0 aliphatic rings. The zero-order valence-electron chi connectivity index (χ0n) is 24.7. The van der Waals surface area contributed by atoms with Crippen LogP contribution in [0, 0.1) is 0 Å². The van der Waals surface area contributed by atoms with Crippen LogP contribution >= 0.6 is 0 Å². The maximum absolute atomic E-state index is 5.76. The molecule has 5 nitrogen and oxygen atoms in total. The van der Waals surface area contributed by atoms with Crippen molar-refractivity contribution >= 4 is 54.5 Å². The Morgan fingerprint density at radius 1 is 0.372 bits per heavy atom. The van der Waals surface area contributed by atoms with E-state index in [0.717, 1.165) is 25.9 Å². The van der Waals surface area contributed by atoms with Crippen LogP contribution in [0.4, 0.5) is 11.4 Å². The third kappa shape index (κ3) is 7.63. The molecule has 0 aromatic heterocycles. The highest BCUT2D eigenvalue weighted by Crippen LogP contribution is 2.29. The van der Waals surface area contributed by atoms with Crippen molar-refractivity contribution in [2.24, 2.45) is 0 Å². The van der Waals surface area contributed by atoms with E-state index in [0.29, 0.717) is 39.6 Å². The van der Waals surface area contributed by atoms with Gasteiger partial charge in [-0.3, -0.25) is 0 Å². The number of hydrogen-bond acceptors (Lipinski definition) is 5. The Kier molecular flexibility index (Phi) is 9.98. The first-order chi connectivity index (χ1) is 21.3. The van der Waals surface area contributed by atoms with Gasteiger partial charge < -0.3 is 24.8 Å². The first-order valence-electron chi connectivity index (χ1n) is 15.4. The van der Waals surface area contributed by atoms with Crippen LogP contribution in [0.25, 0.3) is 43.1 Å². The molecular weight excluding hydrogens is 532 g/mol. The van der Waals surface area contributed by atoms with E-state index >= 15 is 0 Å². The lowest BCUT2D eigenvalue weighted by Gasteiger charge is -2.12. The fraction of sp³-hybridized carbons (Fsp3) is 0.263. The summed E-state index contributed by atoms with van der Waals surface area (Å²) in [6, 6.07) is 39.0. The van der Waals surface area contributed by atoms with Crippen LogP contribution < -0.4 is 10.6 Å². The molecule has 0 saturated heterocycles. The van der Waals surface area contributed by atoms with E-state index in [2.05, 4.69) is 120 Å². The Hall–Kier alpha value is -4.16. The van der Waals surface area contributed by atoms with E-state index < -0.39 is 0 Å². The summed E-state index contributed by atoms with van der Waals surface area (Å²) in [7, 11) is 0. The van der Waals surface area contributed by atoms with Crippen LogP contribution in [0.3, 0.4) is 0 Å². The topological polar surface area (TPSA) is 51.8 Å². The molecule has 220 valence electrons. The largest absolute Gasteiger partial charge is 0.384 e. The summed E-state index contributed by atoms with van der Waals surface area (Å²) >= 11 is 0. The molecule has 0 heterocycles. The van der Waals surface area contributed by atoms with Gasteiger partial charge in [0.25, 0.3) is 0 Å². The summed E-state index contributed by atoms with van der Waals surface area (Å²) in [6.45, 7) is 5.53. The third-order valence-electron chi connectivity index (χ3n) is 7.80. The molecule has 0 atom stereocenters. The van der Waals surface area contributed by atoms with Crippen molar-refractivity contribution < 1.29 is 14.2 Å². The van der Waals surface area contributed by atoms with Crippen molar-refractivity contribution in [2.75, 3.05) is 63.4 Å². The minimum absolute atomic E-state index is 0.588. The Balaban J connectivity index is 0.796. The van der Waals surface area contributed by atoms with Gasteiger partial charge in [0.15, 0.2) is 0 Å². The summed E-state index contributed by atoms with van der Waals surface area (Å²) in [5.74, 6) is 0. The van der Waals surface area contributed by atoms with E-state index in [1.165, 1.54) is 54.5 Å². The van der Waals surface area contributed by atoms with Gasteiger partial charge in [0, 0.05) is 48.5 Å². The van der Waals surface area contributed by atoms with Crippen LogP contribution in [0.1, 0.15) is 12.8 Å². The molecule has 43 heavy (non-hydrogen) atoms. The predicted octanol–water partition coefficient (Wildman–Crippen LogP) is 8.65. The number of fused-ring (bicyclic) bond motifs is 4. The second-order valence-electron chi connectivity index (χ2n) is 10.8. The first kappa shape index (κ1) is 28.9. The monoisotopic (exact) mass is 572 g/mol. The van der Waals surface area contributed by atoms with Gasteiger partial charge in [-0.25, -0.2) is 0 Å². The molecular formula is C38H40N2O3. The Bertz CT molecular complexity index is 1650. The predicted molar refractivity (Wildman–Crippen MR) is 182 cm³/mol. The Morgan fingerprint density at radius 3 is 1.19 bits per heavy atom. The standard InChI is InChI=1S/C38H40N2O3/c1-3-11-31-27-35-33(25-29(31)9-1)13-5-15-37(35)39-17-7-19-41-21-23-43-24-22-42-20-8-18-40-38-16-6-14-34-26-30-10-2-4-12-32(30)28-36(34)38/h1-6,9-16,25-28,39-40H,7-8,17-24H2. The zero-order chi connectivity index (χ0) is 29.1. The first-order valence-corrected chi connectivity index (χ1v) is 15.4. The molecule has 0 radical (unpaired) electrons.